The molecule has 0 unspecified atom stereocenters. The molecule has 0 aliphatic rings. The van der Waals surface area contributed by atoms with Crippen molar-refractivity contribution in [3.05, 3.63) is 57.6 Å². The first-order chi connectivity index (χ1) is 8.16. The minimum absolute atomic E-state index is 0.0394. The molecular weight excluding hydrogens is 230 g/mol. The highest BCUT2D eigenvalue weighted by atomic mass is 32.1. The van der Waals surface area contributed by atoms with Gasteiger partial charge in [-0.25, -0.2) is 0 Å². The SMILES string of the molecule is Cc1cc(C(=O)/C=C/c2ccccn2)c(C)s1. The molecule has 0 saturated carbocycles. The number of pyridine rings is 1. The third-order valence-electron chi connectivity index (χ3n) is 2.40. The second-order valence-electron chi connectivity index (χ2n) is 3.78. The molecule has 0 radical (unpaired) electrons. The lowest BCUT2D eigenvalue weighted by Gasteiger charge is -1.93. The van der Waals surface area contributed by atoms with Crippen LogP contribution in [-0.2, 0) is 0 Å². The molecule has 2 nitrogen and oxygen atoms in total. The van der Waals surface area contributed by atoms with Crippen molar-refractivity contribution in [1.82, 2.24) is 4.98 Å². The lowest BCUT2D eigenvalue weighted by atomic mass is 10.1. The van der Waals surface area contributed by atoms with Crippen LogP contribution in [0.1, 0.15) is 25.8 Å². The summed E-state index contributed by atoms with van der Waals surface area (Å²) in [6.45, 7) is 3.98. The predicted molar refractivity (Wildman–Crippen MR) is 71.4 cm³/mol. The molecule has 2 rings (SSSR count). The largest absolute Gasteiger partial charge is 0.289 e. The molecule has 2 aromatic rings. The number of hydrogen-bond donors (Lipinski definition) is 0. The number of rotatable bonds is 3. The van der Waals surface area contributed by atoms with Crippen molar-refractivity contribution in [2.45, 2.75) is 13.8 Å². The van der Waals surface area contributed by atoms with Gasteiger partial charge in [0, 0.05) is 21.5 Å². The van der Waals surface area contributed by atoms with Crippen LogP contribution in [0.2, 0.25) is 0 Å². The Kier molecular flexibility index (Phi) is 3.49. The molecule has 17 heavy (non-hydrogen) atoms. The Balaban J connectivity index is 2.18. The van der Waals surface area contributed by atoms with Crippen molar-refractivity contribution < 1.29 is 4.79 Å². The Morgan fingerprint density at radius 3 is 2.76 bits per heavy atom. The number of nitrogens with zero attached hydrogens (tertiary/aromatic N) is 1. The standard InChI is InChI=1S/C14H13NOS/c1-10-9-13(11(2)17-10)14(16)7-6-12-5-3-4-8-15-12/h3-9H,1-2H3/b7-6+. The predicted octanol–water partition coefficient (Wildman–Crippen LogP) is 3.66. The second-order valence-corrected chi connectivity index (χ2v) is 5.24. The molecule has 2 heterocycles. The second kappa shape index (κ2) is 5.06. The quantitative estimate of drug-likeness (QED) is 0.608. The Bertz CT molecular complexity index is 555. The summed E-state index contributed by atoms with van der Waals surface area (Å²) >= 11 is 1.65. The molecule has 0 fully saturated rings. The van der Waals surface area contributed by atoms with Crippen molar-refractivity contribution in [3.63, 3.8) is 0 Å². The lowest BCUT2D eigenvalue weighted by Crippen LogP contribution is -1.93. The average molecular weight is 243 g/mol. The van der Waals surface area contributed by atoms with Crippen molar-refractivity contribution >= 4 is 23.2 Å². The molecule has 0 aliphatic carbocycles. The molecule has 0 aliphatic heterocycles. The molecule has 0 atom stereocenters. The van der Waals surface area contributed by atoms with Crippen LogP contribution < -0.4 is 0 Å². The molecule has 0 saturated heterocycles. The molecule has 0 spiro atoms. The van der Waals surface area contributed by atoms with Crippen LogP contribution in [0.4, 0.5) is 0 Å². The topological polar surface area (TPSA) is 30.0 Å². The zero-order valence-corrected chi connectivity index (χ0v) is 10.6. The summed E-state index contributed by atoms with van der Waals surface area (Å²) in [5, 5.41) is 0. The number of hydrogen-bond acceptors (Lipinski definition) is 3. The monoisotopic (exact) mass is 243 g/mol. The average Bonchev–Trinajstić information content (AvgIpc) is 2.67. The first-order valence-corrected chi connectivity index (χ1v) is 6.19. The van der Waals surface area contributed by atoms with Gasteiger partial charge in [-0.15, -0.1) is 11.3 Å². The minimum atomic E-state index is 0.0394. The molecule has 0 bridgehead atoms. The molecule has 0 amide bonds. The van der Waals surface area contributed by atoms with E-state index in [0.717, 1.165) is 21.0 Å². The molecule has 2 aromatic heterocycles. The van der Waals surface area contributed by atoms with E-state index in [4.69, 9.17) is 0 Å². The van der Waals surface area contributed by atoms with Crippen LogP contribution in [-0.4, -0.2) is 10.8 Å². The molecular formula is C14H13NOS. The summed E-state index contributed by atoms with van der Waals surface area (Å²) < 4.78 is 0. The summed E-state index contributed by atoms with van der Waals surface area (Å²) in [4.78, 5) is 18.3. The Morgan fingerprint density at radius 1 is 1.35 bits per heavy atom. The maximum absolute atomic E-state index is 11.9. The highest BCUT2D eigenvalue weighted by Gasteiger charge is 2.08. The number of aryl methyl sites for hydroxylation is 2. The fourth-order valence-corrected chi connectivity index (χ4v) is 2.53. The summed E-state index contributed by atoms with van der Waals surface area (Å²) in [6.07, 6.45) is 5.04. The van der Waals surface area contributed by atoms with Crippen LogP contribution in [0, 0.1) is 13.8 Å². The number of allylic oxidation sites excluding steroid dienone is 1. The van der Waals surface area contributed by atoms with Gasteiger partial charge in [-0.2, -0.15) is 0 Å². The van der Waals surface area contributed by atoms with Gasteiger partial charge in [0.2, 0.25) is 0 Å². The fraction of sp³-hybridized carbons (Fsp3) is 0.143. The highest BCUT2D eigenvalue weighted by molar-refractivity contribution is 7.12. The summed E-state index contributed by atoms with van der Waals surface area (Å²) in [7, 11) is 0. The van der Waals surface area contributed by atoms with E-state index < -0.39 is 0 Å². The molecule has 86 valence electrons. The van der Waals surface area contributed by atoms with Crippen molar-refractivity contribution in [3.8, 4) is 0 Å². The van der Waals surface area contributed by atoms with Crippen LogP contribution >= 0.6 is 11.3 Å². The number of thiophene rings is 1. The van der Waals surface area contributed by atoms with E-state index in [1.54, 1.807) is 29.7 Å². The lowest BCUT2D eigenvalue weighted by molar-refractivity contribution is 0.104. The number of carbonyl (C=O) groups is 1. The number of carbonyl (C=O) groups excluding carboxylic acids is 1. The fourth-order valence-electron chi connectivity index (χ4n) is 1.60. The Labute approximate surface area is 105 Å². The normalized spacial score (nSPS) is 10.9. The smallest absolute Gasteiger partial charge is 0.187 e. The summed E-state index contributed by atoms with van der Waals surface area (Å²) in [5.41, 5.74) is 1.59. The Morgan fingerprint density at radius 2 is 2.18 bits per heavy atom. The Hall–Kier alpha value is -1.74. The van der Waals surface area contributed by atoms with E-state index in [2.05, 4.69) is 4.98 Å². The van der Waals surface area contributed by atoms with E-state index in [9.17, 15) is 4.79 Å². The minimum Gasteiger partial charge on any atom is -0.289 e. The van der Waals surface area contributed by atoms with Gasteiger partial charge in [-0.1, -0.05) is 6.07 Å². The molecule has 0 N–H and O–H groups in total. The van der Waals surface area contributed by atoms with Gasteiger partial charge in [0.1, 0.15) is 0 Å². The highest BCUT2D eigenvalue weighted by Crippen LogP contribution is 2.21. The maximum atomic E-state index is 11.9. The van der Waals surface area contributed by atoms with Gasteiger partial charge >= 0.3 is 0 Å². The van der Waals surface area contributed by atoms with Gasteiger partial charge in [0.25, 0.3) is 0 Å². The van der Waals surface area contributed by atoms with Gasteiger partial charge in [-0.3, -0.25) is 9.78 Å². The number of aromatic nitrogens is 1. The maximum Gasteiger partial charge on any atom is 0.187 e. The third-order valence-corrected chi connectivity index (χ3v) is 3.37. The first kappa shape index (κ1) is 11.7. The van der Waals surface area contributed by atoms with Crippen LogP contribution in [0.5, 0.6) is 0 Å². The molecule has 0 aromatic carbocycles. The van der Waals surface area contributed by atoms with Crippen LogP contribution in [0.3, 0.4) is 0 Å². The van der Waals surface area contributed by atoms with E-state index in [1.165, 1.54) is 0 Å². The van der Waals surface area contributed by atoms with Crippen LogP contribution in [0.25, 0.3) is 6.08 Å². The van der Waals surface area contributed by atoms with Crippen molar-refractivity contribution in [2.75, 3.05) is 0 Å². The summed E-state index contributed by atoms with van der Waals surface area (Å²) in [6, 6.07) is 7.56. The van der Waals surface area contributed by atoms with Gasteiger partial charge < -0.3 is 0 Å². The zero-order chi connectivity index (χ0) is 12.3. The molecule has 3 heteroatoms. The first-order valence-electron chi connectivity index (χ1n) is 5.37. The summed E-state index contributed by atoms with van der Waals surface area (Å²) in [5.74, 6) is 0.0394. The van der Waals surface area contributed by atoms with Crippen molar-refractivity contribution in [2.24, 2.45) is 0 Å². The number of ketones is 1. The van der Waals surface area contributed by atoms with Gasteiger partial charge in [0.15, 0.2) is 5.78 Å². The van der Waals surface area contributed by atoms with E-state index in [0.29, 0.717) is 0 Å². The third kappa shape index (κ3) is 2.88. The van der Waals surface area contributed by atoms with Crippen molar-refractivity contribution in [1.29, 1.82) is 0 Å². The van der Waals surface area contributed by atoms with E-state index >= 15 is 0 Å². The van der Waals surface area contributed by atoms with E-state index in [1.807, 2.05) is 38.1 Å². The van der Waals surface area contributed by atoms with E-state index in [-0.39, 0.29) is 5.78 Å². The van der Waals surface area contributed by atoms with Gasteiger partial charge in [-0.05, 0) is 44.2 Å². The van der Waals surface area contributed by atoms with Gasteiger partial charge in [0.05, 0.1) is 5.69 Å². The van der Waals surface area contributed by atoms with Crippen LogP contribution in [0.15, 0.2) is 36.5 Å². The zero-order valence-electron chi connectivity index (χ0n) is 9.81.